The van der Waals surface area contributed by atoms with Gasteiger partial charge in [-0.1, -0.05) is 53.6 Å². The van der Waals surface area contributed by atoms with Crippen molar-refractivity contribution in [1.82, 2.24) is 0 Å². The quantitative estimate of drug-likeness (QED) is 0.397. The highest BCUT2D eigenvalue weighted by Crippen LogP contribution is 2.41. The Morgan fingerprint density at radius 3 is 2.10 bits per heavy atom. The Morgan fingerprint density at radius 1 is 1.00 bits per heavy atom. The molecule has 2 aromatic rings. The molecular weight excluding hydrogens is 437 g/mol. The third kappa shape index (κ3) is 5.58. The summed E-state index contributed by atoms with van der Waals surface area (Å²) >= 11 is 11.5. The zero-order chi connectivity index (χ0) is 22.1. The van der Waals surface area contributed by atoms with Crippen LogP contribution in [0.25, 0.3) is 11.4 Å². The van der Waals surface area contributed by atoms with Crippen molar-refractivity contribution >= 4 is 34.6 Å². The number of alkyl halides is 5. The number of halogens is 8. The van der Waals surface area contributed by atoms with Gasteiger partial charge in [-0.2, -0.15) is 13.2 Å². The molecule has 0 amide bonds. The fourth-order valence-electron chi connectivity index (χ4n) is 2.76. The van der Waals surface area contributed by atoms with Gasteiger partial charge in [-0.25, -0.2) is 13.2 Å². The summed E-state index contributed by atoms with van der Waals surface area (Å²) < 4.78 is 83.2. The first-order valence-corrected chi connectivity index (χ1v) is 9.05. The van der Waals surface area contributed by atoms with Crippen molar-refractivity contribution in [1.29, 1.82) is 0 Å². The summed E-state index contributed by atoms with van der Waals surface area (Å²) in [7, 11) is 0. The van der Waals surface area contributed by atoms with Crippen LogP contribution in [-0.4, -0.2) is 6.18 Å². The van der Waals surface area contributed by atoms with Crippen molar-refractivity contribution in [2.45, 2.75) is 31.9 Å². The fourth-order valence-corrected chi connectivity index (χ4v) is 3.06. The summed E-state index contributed by atoms with van der Waals surface area (Å²) in [6, 6.07) is 6.40. The Morgan fingerprint density at radius 2 is 1.62 bits per heavy atom. The normalized spacial score (nSPS) is 14.1. The third-order valence-electron chi connectivity index (χ3n) is 4.20. The van der Waals surface area contributed by atoms with Crippen molar-refractivity contribution in [3.05, 3.63) is 81.4 Å². The predicted molar refractivity (Wildman–Crippen MR) is 105 cm³/mol. The van der Waals surface area contributed by atoms with Crippen molar-refractivity contribution in [2.75, 3.05) is 0 Å². The van der Waals surface area contributed by atoms with Gasteiger partial charge in [-0.05, 0) is 42.3 Å². The van der Waals surface area contributed by atoms with Crippen LogP contribution in [0.4, 0.5) is 26.3 Å². The number of hydrogen-bond donors (Lipinski definition) is 0. The molecule has 1 atom stereocenters. The monoisotopic (exact) mass is 452 g/mol. The third-order valence-corrected chi connectivity index (χ3v) is 4.94. The van der Waals surface area contributed by atoms with Gasteiger partial charge < -0.3 is 0 Å². The molecule has 156 valence electrons. The van der Waals surface area contributed by atoms with E-state index in [1.54, 1.807) is 0 Å². The second-order valence-corrected chi connectivity index (χ2v) is 7.45. The van der Waals surface area contributed by atoms with Gasteiger partial charge in [0.1, 0.15) is 11.7 Å². The van der Waals surface area contributed by atoms with Gasteiger partial charge in [0.25, 0.3) is 5.92 Å². The smallest absolute Gasteiger partial charge is 0.207 e. The highest BCUT2D eigenvalue weighted by Gasteiger charge is 2.40. The van der Waals surface area contributed by atoms with Crippen molar-refractivity contribution in [2.24, 2.45) is 0 Å². The van der Waals surface area contributed by atoms with Crippen LogP contribution in [0.15, 0.2) is 49.1 Å². The molecule has 0 aliphatic rings. The number of benzene rings is 2. The standard InChI is InChI=1S/C21H16Cl2F6/c1-11(2)14-6-4-13(8-16(14)20(3,25)26)19(24)10-15(21(27,28)29)12-5-7-17(22)18(23)9-12/h4-10,15H,1H2,2-3H3/b19-10-. The maximum Gasteiger partial charge on any atom is 0.399 e. The van der Waals surface area contributed by atoms with Gasteiger partial charge in [0.15, 0.2) is 0 Å². The van der Waals surface area contributed by atoms with Crippen LogP contribution < -0.4 is 0 Å². The average Bonchev–Trinajstić information content (AvgIpc) is 2.59. The van der Waals surface area contributed by atoms with Crippen LogP contribution >= 0.6 is 23.2 Å². The van der Waals surface area contributed by atoms with Crippen LogP contribution in [0.5, 0.6) is 0 Å². The van der Waals surface area contributed by atoms with Gasteiger partial charge in [-0.3, -0.25) is 0 Å². The molecule has 0 N–H and O–H groups in total. The van der Waals surface area contributed by atoms with Crippen LogP contribution in [0, 0.1) is 0 Å². The molecule has 0 nitrogen and oxygen atoms in total. The average molecular weight is 453 g/mol. The molecule has 2 aromatic carbocycles. The Kier molecular flexibility index (Phi) is 6.80. The van der Waals surface area contributed by atoms with E-state index in [4.69, 9.17) is 23.2 Å². The Balaban J connectivity index is 2.58. The zero-order valence-corrected chi connectivity index (χ0v) is 16.9. The lowest BCUT2D eigenvalue weighted by atomic mass is 9.93. The molecule has 0 aromatic heterocycles. The van der Waals surface area contributed by atoms with E-state index < -0.39 is 35.0 Å². The maximum absolute atomic E-state index is 14.7. The summed E-state index contributed by atoms with van der Waals surface area (Å²) in [5.41, 5.74) is -0.834. The van der Waals surface area contributed by atoms with Crippen molar-refractivity contribution in [3.8, 4) is 0 Å². The van der Waals surface area contributed by atoms with E-state index in [-0.39, 0.29) is 21.2 Å². The lowest BCUT2D eigenvalue weighted by molar-refractivity contribution is -0.139. The molecule has 0 spiro atoms. The lowest BCUT2D eigenvalue weighted by Gasteiger charge is -2.19. The first-order valence-electron chi connectivity index (χ1n) is 8.29. The molecule has 0 bridgehead atoms. The molecule has 1 unspecified atom stereocenters. The molecule has 0 saturated heterocycles. The van der Waals surface area contributed by atoms with E-state index >= 15 is 0 Å². The molecule has 29 heavy (non-hydrogen) atoms. The van der Waals surface area contributed by atoms with E-state index in [2.05, 4.69) is 6.58 Å². The van der Waals surface area contributed by atoms with E-state index in [0.29, 0.717) is 18.6 Å². The minimum absolute atomic E-state index is 0.0472. The van der Waals surface area contributed by atoms with Crippen molar-refractivity contribution < 1.29 is 26.3 Å². The molecule has 0 aliphatic carbocycles. The van der Waals surface area contributed by atoms with Crippen LogP contribution in [0.3, 0.4) is 0 Å². The molecule has 0 saturated carbocycles. The molecule has 8 heteroatoms. The zero-order valence-electron chi connectivity index (χ0n) is 15.3. The minimum atomic E-state index is -4.84. The SMILES string of the molecule is C=C(C)c1ccc(/C(F)=C/C(c2ccc(Cl)c(Cl)c2)C(F)(F)F)cc1C(C)(F)F. The molecule has 0 heterocycles. The molecular formula is C21H16Cl2F6. The van der Waals surface area contributed by atoms with Crippen molar-refractivity contribution in [3.63, 3.8) is 0 Å². The summed E-state index contributed by atoms with van der Waals surface area (Å²) in [6.07, 6.45) is -4.52. The summed E-state index contributed by atoms with van der Waals surface area (Å²) in [4.78, 5) is 0. The van der Waals surface area contributed by atoms with Crippen LogP contribution in [0.1, 0.15) is 42.0 Å². The van der Waals surface area contributed by atoms with Gasteiger partial charge in [0, 0.05) is 18.1 Å². The topological polar surface area (TPSA) is 0 Å². The van der Waals surface area contributed by atoms with E-state index in [1.807, 2.05) is 0 Å². The summed E-state index contributed by atoms with van der Waals surface area (Å²) in [5, 5.41) is -0.0723. The molecule has 0 fully saturated rings. The number of allylic oxidation sites excluding steroid dienone is 2. The Bertz CT molecular complexity index is 955. The molecule has 0 radical (unpaired) electrons. The van der Waals surface area contributed by atoms with E-state index in [0.717, 1.165) is 24.3 Å². The second kappa shape index (κ2) is 8.44. The Hall–Kier alpha value is -1.92. The summed E-state index contributed by atoms with van der Waals surface area (Å²) in [5.74, 6) is -6.97. The van der Waals surface area contributed by atoms with E-state index in [9.17, 15) is 26.3 Å². The van der Waals surface area contributed by atoms with Gasteiger partial charge in [0.2, 0.25) is 0 Å². The number of rotatable bonds is 5. The first kappa shape index (κ1) is 23.4. The Labute approximate surface area is 174 Å². The highest BCUT2D eigenvalue weighted by molar-refractivity contribution is 6.42. The highest BCUT2D eigenvalue weighted by atomic mass is 35.5. The fraction of sp³-hybridized carbons (Fsp3) is 0.238. The second-order valence-electron chi connectivity index (χ2n) is 6.64. The van der Waals surface area contributed by atoms with Gasteiger partial charge >= 0.3 is 6.18 Å². The van der Waals surface area contributed by atoms with Gasteiger partial charge in [0.05, 0.1) is 10.0 Å². The largest absolute Gasteiger partial charge is 0.399 e. The van der Waals surface area contributed by atoms with E-state index in [1.165, 1.54) is 19.1 Å². The molecule has 2 rings (SSSR count). The maximum atomic E-state index is 14.7. The van der Waals surface area contributed by atoms with Gasteiger partial charge in [-0.15, -0.1) is 0 Å². The van der Waals surface area contributed by atoms with Crippen LogP contribution in [0.2, 0.25) is 10.0 Å². The predicted octanol–water partition coefficient (Wildman–Crippen LogP) is 8.79. The first-order chi connectivity index (χ1) is 13.2. The number of hydrogen-bond acceptors (Lipinski definition) is 0. The molecule has 0 aliphatic heterocycles. The minimum Gasteiger partial charge on any atom is -0.207 e. The summed E-state index contributed by atoms with van der Waals surface area (Å²) in [6.45, 7) is 5.72. The van der Waals surface area contributed by atoms with Crippen LogP contribution in [-0.2, 0) is 5.92 Å². The lowest BCUT2D eigenvalue weighted by Crippen LogP contribution is -2.19.